The number of H-pyrrole nitrogens is 2. The van der Waals surface area contributed by atoms with Crippen molar-refractivity contribution in [3.8, 4) is 33.8 Å². The van der Waals surface area contributed by atoms with Gasteiger partial charge in [0.05, 0.1) is 16.4 Å². The fourth-order valence-corrected chi connectivity index (χ4v) is 4.69. The molecule has 0 aliphatic carbocycles. The average molecular weight is 585 g/mol. The zero-order valence-corrected chi connectivity index (χ0v) is 21.4. The molecule has 0 aliphatic heterocycles. The second-order valence-electron chi connectivity index (χ2n) is 8.33. The van der Waals surface area contributed by atoms with Crippen molar-refractivity contribution in [2.75, 3.05) is 5.32 Å². The lowest BCUT2D eigenvalue weighted by Gasteiger charge is -2.05. The molecule has 0 saturated heterocycles. The minimum atomic E-state index is -0.0719. The van der Waals surface area contributed by atoms with Gasteiger partial charge in [-0.3, -0.25) is 9.89 Å². The van der Waals surface area contributed by atoms with Gasteiger partial charge in [0.2, 0.25) is 5.91 Å². The third-order valence-corrected chi connectivity index (χ3v) is 6.65. The second-order valence-corrected chi connectivity index (χ2v) is 9.57. The number of aromatic nitrogens is 6. The monoisotopic (exact) mass is 585 g/mol. The van der Waals surface area contributed by atoms with E-state index in [0.717, 1.165) is 44.4 Å². The number of benzene rings is 2. The minimum Gasteiger partial charge on any atom is -0.337 e. The number of rotatable bonds is 5. The molecule has 0 spiro atoms. The molecule has 0 unspecified atom stereocenters. The van der Waals surface area contributed by atoms with Gasteiger partial charge in [-0.2, -0.15) is 5.10 Å². The van der Waals surface area contributed by atoms with Gasteiger partial charge in [0, 0.05) is 39.1 Å². The Kier molecular flexibility index (Phi) is 5.68. The number of amides is 1. The number of nitrogens with zero attached hydrogens (tertiary/aromatic N) is 4. The highest BCUT2D eigenvalue weighted by molar-refractivity contribution is 14.1. The van der Waals surface area contributed by atoms with Crippen molar-refractivity contribution in [3.05, 3.63) is 76.6 Å². The smallest absolute Gasteiger partial charge is 0.225 e. The van der Waals surface area contributed by atoms with Crippen molar-refractivity contribution >= 4 is 56.4 Å². The van der Waals surface area contributed by atoms with Crippen molar-refractivity contribution in [1.29, 1.82) is 0 Å². The normalized spacial score (nSPS) is 11.3. The first-order chi connectivity index (χ1) is 17.6. The van der Waals surface area contributed by atoms with Gasteiger partial charge in [0.25, 0.3) is 0 Å². The van der Waals surface area contributed by atoms with Gasteiger partial charge in [-0.1, -0.05) is 31.2 Å². The first kappa shape index (κ1) is 22.4. The van der Waals surface area contributed by atoms with Crippen LogP contribution in [0.4, 0.5) is 5.82 Å². The predicted octanol–water partition coefficient (Wildman–Crippen LogP) is 6.18. The van der Waals surface area contributed by atoms with Crippen molar-refractivity contribution in [3.63, 3.8) is 0 Å². The lowest BCUT2D eigenvalue weighted by atomic mass is 10.0. The molecule has 8 nitrogen and oxygen atoms in total. The number of carbonyl (C=O) groups is 1. The third-order valence-electron chi connectivity index (χ3n) is 5.98. The third kappa shape index (κ3) is 4.11. The summed E-state index contributed by atoms with van der Waals surface area (Å²) in [5, 5.41) is 11.1. The Morgan fingerprint density at radius 1 is 0.972 bits per heavy atom. The minimum absolute atomic E-state index is 0.0719. The summed E-state index contributed by atoms with van der Waals surface area (Å²) in [4.78, 5) is 28.9. The lowest BCUT2D eigenvalue weighted by molar-refractivity contribution is -0.115. The summed E-state index contributed by atoms with van der Waals surface area (Å²) in [6.45, 7) is 1.80. The molecule has 4 heterocycles. The highest BCUT2D eigenvalue weighted by atomic mass is 127. The van der Waals surface area contributed by atoms with E-state index in [0.29, 0.717) is 23.7 Å². The summed E-state index contributed by atoms with van der Waals surface area (Å²) in [5.74, 6) is 1.15. The Hall–Kier alpha value is -4.12. The van der Waals surface area contributed by atoms with Gasteiger partial charge in [-0.25, -0.2) is 15.0 Å². The van der Waals surface area contributed by atoms with Crippen LogP contribution in [0.1, 0.15) is 13.3 Å². The highest BCUT2D eigenvalue weighted by Gasteiger charge is 2.16. The number of hydrogen-bond donors (Lipinski definition) is 3. The summed E-state index contributed by atoms with van der Waals surface area (Å²) in [7, 11) is 0. The van der Waals surface area contributed by atoms with Crippen molar-refractivity contribution in [2.24, 2.45) is 0 Å². The zero-order chi connectivity index (χ0) is 24.6. The van der Waals surface area contributed by atoms with Crippen LogP contribution in [0.3, 0.4) is 0 Å². The van der Waals surface area contributed by atoms with E-state index < -0.39 is 0 Å². The van der Waals surface area contributed by atoms with E-state index in [1.54, 1.807) is 25.4 Å². The van der Waals surface area contributed by atoms with Crippen LogP contribution in [0.2, 0.25) is 0 Å². The molecule has 0 atom stereocenters. The van der Waals surface area contributed by atoms with Crippen LogP contribution in [0.25, 0.3) is 55.8 Å². The molecule has 2 aromatic carbocycles. The van der Waals surface area contributed by atoms with Gasteiger partial charge in [-0.15, -0.1) is 0 Å². The topological polar surface area (TPSA) is 112 Å². The number of hydrogen-bond acceptors (Lipinski definition) is 5. The summed E-state index contributed by atoms with van der Waals surface area (Å²) in [6, 6.07) is 20.2. The van der Waals surface area contributed by atoms with Gasteiger partial charge >= 0.3 is 0 Å². The fraction of sp³-hybridized carbons (Fsp3) is 0.0741. The van der Waals surface area contributed by atoms with E-state index >= 15 is 0 Å². The summed E-state index contributed by atoms with van der Waals surface area (Å²) >= 11 is 2.32. The first-order valence-electron chi connectivity index (χ1n) is 11.4. The maximum atomic E-state index is 11.6. The Balaban J connectivity index is 1.40. The van der Waals surface area contributed by atoms with Gasteiger partial charge < -0.3 is 10.3 Å². The second kappa shape index (κ2) is 9.15. The first-order valence-corrected chi connectivity index (χ1v) is 12.5. The van der Waals surface area contributed by atoms with E-state index in [9.17, 15) is 4.79 Å². The quantitative estimate of drug-likeness (QED) is 0.209. The number of aromatic amines is 2. The molecule has 0 fully saturated rings. The summed E-state index contributed by atoms with van der Waals surface area (Å²) in [6.07, 6.45) is 3.89. The predicted molar refractivity (Wildman–Crippen MR) is 149 cm³/mol. The summed E-state index contributed by atoms with van der Waals surface area (Å²) < 4.78 is 1.17. The molecule has 4 aromatic heterocycles. The van der Waals surface area contributed by atoms with Crippen LogP contribution in [0, 0.1) is 3.57 Å². The molecule has 6 rings (SSSR count). The molecular formula is C27H20IN7O. The highest BCUT2D eigenvalue weighted by Crippen LogP contribution is 2.33. The molecular weight excluding hydrogens is 565 g/mol. The van der Waals surface area contributed by atoms with Crippen LogP contribution < -0.4 is 5.32 Å². The van der Waals surface area contributed by atoms with E-state index in [1.807, 2.05) is 24.3 Å². The maximum absolute atomic E-state index is 11.6. The number of para-hydroxylation sites is 1. The molecule has 9 heteroatoms. The number of fused-ring (bicyclic) bond motifs is 2. The molecule has 0 saturated carbocycles. The van der Waals surface area contributed by atoms with Crippen LogP contribution in [0.15, 0.2) is 73.1 Å². The number of pyridine rings is 2. The molecule has 0 bridgehead atoms. The average Bonchev–Trinajstić information content (AvgIpc) is 3.52. The van der Waals surface area contributed by atoms with Gasteiger partial charge in [0.1, 0.15) is 11.5 Å². The van der Waals surface area contributed by atoms with Crippen LogP contribution in [-0.2, 0) is 4.79 Å². The van der Waals surface area contributed by atoms with Crippen LogP contribution in [0.5, 0.6) is 0 Å². The fourth-order valence-electron chi connectivity index (χ4n) is 4.15. The van der Waals surface area contributed by atoms with E-state index in [4.69, 9.17) is 4.98 Å². The van der Waals surface area contributed by atoms with E-state index in [1.165, 1.54) is 3.57 Å². The Morgan fingerprint density at radius 3 is 2.64 bits per heavy atom. The van der Waals surface area contributed by atoms with Gasteiger partial charge in [0.15, 0.2) is 11.5 Å². The number of imidazole rings is 1. The Labute approximate surface area is 219 Å². The molecule has 176 valence electrons. The lowest BCUT2D eigenvalue weighted by Crippen LogP contribution is -2.10. The molecule has 6 aromatic rings. The Bertz CT molecular complexity index is 1740. The van der Waals surface area contributed by atoms with Crippen molar-refractivity contribution in [2.45, 2.75) is 13.3 Å². The van der Waals surface area contributed by atoms with E-state index in [2.05, 4.69) is 83.4 Å². The number of nitrogens with one attached hydrogen (secondary N) is 3. The standard InChI is InChI=1S/C27H20IN7O/c1-2-23(36)32-22-10-9-16(13-29-22)17-12-20-25(34-35-26(20)30-14-17)27-31-21-8-4-7-19(24(21)33-27)15-5-3-6-18(28)11-15/h3-14H,2H2,1H3,(H,31,33)(H,29,32,36)(H,30,34,35). The molecule has 0 radical (unpaired) electrons. The van der Waals surface area contributed by atoms with Crippen LogP contribution >= 0.6 is 22.6 Å². The molecule has 3 N–H and O–H groups in total. The Morgan fingerprint density at radius 2 is 1.83 bits per heavy atom. The van der Waals surface area contributed by atoms with Crippen LogP contribution in [-0.4, -0.2) is 36.0 Å². The largest absolute Gasteiger partial charge is 0.337 e. The SMILES string of the molecule is CCC(=O)Nc1ccc(-c2cnc3n[nH]c(-c4nc5c(-c6cccc(I)c6)cccc5[nH]4)c3c2)cn1. The number of halogens is 1. The number of anilines is 1. The number of carbonyl (C=O) groups excluding carboxylic acids is 1. The van der Waals surface area contributed by atoms with Crippen molar-refractivity contribution in [1.82, 2.24) is 30.1 Å². The molecule has 0 aliphatic rings. The van der Waals surface area contributed by atoms with E-state index in [-0.39, 0.29) is 5.91 Å². The molecule has 36 heavy (non-hydrogen) atoms. The zero-order valence-electron chi connectivity index (χ0n) is 19.2. The summed E-state index contributed by atoms with van der Waals surface area (Å²) in [5.41, 5.74) is 7.18. The van der Waals surface area contributed by atoms with Gasteiger partial charge in [-0.05, 0) is 64.6 Å². The molecule has 1 amide bonds. The van der Waals surface area contributed by atoms with Crippen molar-refractivity contribution < 1.29 is 4.79 Å². The maximum Gasteiger partial charge on any atom is 0.225 e.